The van der Waals surface area contributed by atoms with Gasteiger partial charge in [0, 0.05) is 16.6 Å². The molecule has 4 rings (SSSR count). The fourth-order valence-corrected chi connectivity index (χ4v) is 3.14. The van der Waals surface area contributed by atoms with Crippen LogP contribution < -0.4 is 10.1 Å². The van der Waals surface area contributed by atoms with Crippen molar-refractivity contribution in [3.8, 4) is 5.75 Å². The van der Waals surface area contributed by atoms with Crippen molar-refractivity contribution in [3.05, 3.63) is 65.2 Å². The summed E-state index contributed by atoms with van der Waals surface area (Å²) in [5.41, 5.74) is 2.98. The fourth-order valence-electron chi connectivity index (χ4n) is 2.91. The van der Waals surface area contributed by atoms with Crippen LogP contribution >= 0.6 is 11.6 Å². The quantitative estimate of drug-likeness (QED) is 0.654. The van der Waals surface area contributed by atoms with Gasteiger partial charge in [-0.1, -0.05) is 42.8 Å². The summed E-state index contributed by atoms with van der Waals surface area (Å²) in [5.74, 6) is 1.51. The highest BCUT2D eigenvalue weighted by atomic mass is 35.5. The summed E-state index contributed by atoms with van der Waals surface area (Å²) in [6, 6.07) is 18.2. The van der Waals surface area contributed by atoms with E-state index in [1.54, 1.807) is 0 Å². The normalized spacial score (nSPS) is 12.7. The maximum Gasteiger partial charge on any atom is 0.138 e. The first-order valence-corrected chi connectivity index (χ1v) is 8.44. The third-order valence-corrected chi connectivity index (χ3v) is 4.33. The van der Waals surface area contributed by atoms with Crippen molar-refractivity contribution in [2.24, 2.45) is 4.99 Å². The zero-order valence-corrected chi connectivity index (χ0v) is 14.1. The van der Waals surface area contributed by atoms with Gasteiger partial charge >= 0.3 is 0 Å². The van der Waals surface area contributed by atoms with Crippen LogP contribution in [0.15, 0.2) is 59.6 Å². The van der Waals surface area contributed by atoms with Crippen LogP contribution in [-0.2, 0) is 0 Å². The van der Waals surface area contributed by atoms with Crippen molar-refractivity contribution in [1.29, 1.82) is 0 Å². The molecule has 0 aliphatic carbocycles. The number of nitrogens with one attached hydrogen (secondary N) is 1. The molecule has 1 heterocycles. The van der Waals surface area contributed by atoms with Crippen LogP contribution in [0.1, 0.15) is 18.9 Å². The van der Waals surface area contributed by atoms with Crippen LogP contribution in [0.3, 0.4) is 0 Å². The van der Waals surface area contributed by atoms with Crippen LogP contribution in [0.25, 0.3) is 10.8 Å². The second-order valence-electron chi connectivity index (χ2n) is 5.76. The van der Waals surface area contributed by atoms with Gasteiger partial charge in [0.15, 0.2) is 0 Å². The second kappa shape index (κ2) is 6.17. The maximum absolute atomic E-state index is 6.36. The molecule has 4 heteroatoms. The number of aliphatic imine (C=N–C) groups is 1. The Bertz CT molecular complexity index is 944. The van der Waals surface area contributed by atoms with E-state index in [-0.39, 0.29) is 0 Å². The van der Waals surface area contributed by atoms with Crippen molar-refractivity contribution in [2.45, 2.75) is 13.3 Å². The van der Waals surface area contributed by atoms with Gasteiger partial charge in [0.25, 0.3) is 0 Å². The molecular weight excluding hydrogens is 320 g/mol. The summed E-state index contributed by atoms with van der Waals surface area (Å²) in [4.78, 5) is 4.77. The number of hydrogen-bond donors (Lipinski definition) is 1. The van der Waals surface area contributed by atoms with Gasteiger partial charge in [-0.05, 0) is 42.1 Å². The van der Waals surface area contributed by atoms with E-state index < -0.39 is 0 Å². The summed E-state index contributed by atoms with van der Waals surface area (Å²) in [6.07, 6.45) is 0.952. The Morgan fingerprint density at radius 2 is 1.92 bits per heavy atom. The number of anilines is 1. The molecule has 0 atom stereocenters. The Morgan fingerprint density at radius 3 is 2.71 bits per heavy atom. The van der Waals surface area contributed by atoms with Gasteiger partial charge in [0.2, 0.25) is 0 Å². The third kappa shape index (κ3) is 2.61. The van der Waals surface area contributed by atoms with Crippen molar-refractivity contribution in [3.63, 3.8) is 0 Å². The van der Waals surface area contributed by atoms with E-state index in [2.05, 4.69) is 30.4 Å². The van der Waals surface area contributed by atoms with Crippen molar-refractivity contribution in [2.75, 3.05) is 11.9 Å². The molecule has 3 aromatic carbocycles. The van der Waals surface area contributed by atoms with Gasteiger partial charge in [0.05, 0.1) is 17.3 Å². The minimum Gasteiger partial charge on any atom is -0.492 e. The molecule has 0 saturated carbocycles. The number of rotatable bonds is 4. The van der Waals surface area contributed by atoms with E-state index in [9.17, 15) is 0 Å². The molecule has 0 amide bonds. The van der Waals surface area contributed by atoms with E-state index >= 15 is 0 Å². The Morgan fingerprint density at radius 1 is 1.08 bits per heavy atom. The summed E-state index contributed by atoms with van der Waals surface area (Å²) in [7, 11) is 0. The lowest BCUT2D eigenvalue weighted by Gasteiger charge is -2.19. The summed E-state index contributed by atoms with van der Waals surface area (Å²) < 4.78 is 5.64. The molecule has 3 aromatic rings. The Hall–Kier alpha value is -2.52. The lowest BCUT2D eigenvalue weighted by atomic mass is 10.0. The fraction of sp³-hybridized carbons (Fsp3) is 0.150. The number of hydrogen-bond acceptors (Lipinski definition) is 3. The van der Waals surface area contributed by atoms with E-state index in [1.807, 2.05) is 36.4 Å². The topological polar surface area (TPSA) is 33.6 Å². The molecule has 0 saturated heterocycles. The molecule has 1 N–H and O–H groups in total. The van der Waals surface area contributed by atoms with Crippen molar-refractivity contribution >= 4 is 39.6 Å². The minimum absolute atomic E-state index is 0.600. The number of benzene rings is 3. The van der Waals surface area contributed by atoms with Crippen LogP contribution in [0, 0.1) is 0 Å². The number of amidine groups is 1. The molecule has 0 spiro atoms. The Kier molecular flexibility index (Phi) is 3.87. The van der Waals surface area contributed by atoms with Gasteiger partial charge in [-0.15, -0.1) is 0 Å². The summed E-state index contributed by atoms with van der Waals surface area (Å²) in [6.45, 7) is 2.73. The maximum atomic E-state index is 6.36. The highest BCUT2D eigenvalue weighted by Gasteiger charge is 2.16. The van der Waals surface area contributed by atoms with Gasteiger partial charge < -0.3 is 10.1 Å². The number of nitrogens with zero attached hydrogens (tertiary/aromatic N) is 1. The first-order chi connectivity index (χ1) is 11.8. The number of ether oxygens (including phenoxy) is 1. The molecule has 1 aliphatic heterocycles. The molecule has 24 heavy (non-hydrogen) atoms. The highest BCUT2D eigenvalue weighted by molar-refractivity contribution is 6.32. The lowest BCUT2D eigenvalue weighted by molar-refractivity contribution is 0.317. The molecular formula is C20H17ClN2O. The Balaban J connectivity index is 1.74. The molecule has 0 unspecified atom stereocenters. The first kappa shape index (κ1) is 15.0. The van der Waals surface area contributed by atoms with E-state index in [1.165, 1.54) is 5.39 Å². The van der Waals surface area contributed by atoms with Crippen LogP contribution in [0.4, 0.5) is 11.4 Å². The van der Waals surface area contributed by atoms with Crippen LogP contribution in [-0.4, -0.2) is 12.4 Å². The SMILES string of the molecule is CCCOc1ccc(C2=Nc3cccc4cccc(c34)N2)cc1Cl. The molecule has 1 aliphatic rings. The molecule has 0 bridgehead atoms. The smallest absolute Gasteiger partial charge is 0.138 e. The number of halogens is 1. The highest BCUT2D eigenvalue weighted by Crippen LogP contribution is 2.37. The van der Waals surface area contributed by atoms with Gasteiger partial charge in [-0.25, -0.2) is 4.99 Å². The summed E-state index contributed by atoms with van der Waals surface area (Å²) in [5, 5.41) is 6.35. The molecule has 0 radical (unpaired) electrons. The average molecular weight is 337 g/mol. The summed E-state index contributed by atoms with van der Waals surface area (Å²) >= 11 is 6.36. The van der Waals surface area contributed by atoms with Crippen LogP contribution in [0.5, 0.6) is 5.75 Å². The zero-order chi connectivity index (χ0) is 16.5. The molecule has 3 nitrogen and oxygen atoms in total. The van der Waals surface area contributed by atoms with Crippen molar-refractivity contribution < 1.29 is 4.74 Å². The predicted octanol–water partition coefficient (Wildman–Crippen LogP) is 5.79. The predicted molar refractivity (Wildman–Crippen MR) is 101 cm³/mol. The first-order valence-electron chi connectivity index (χ1n) is 8.06. The van der Waals surface area contributed by atoms with E-state index in [4.69, 9.17) is 21.3 Å². The van der Waals surface area contributed by atoms with Crippen LogP contribution in [0.2, 0.25) is 5.02 Å². The van der Waals surface area contributed by atoms with Gasteiger partial charge in [0.1, 0.15) is 11.6 Å². The van der Waals surface area contributed by atoms with E-state index in [0.29, 0.717) is 17.4 Å². The second-order valence-corrected chi connectivity index (χ2v) is 6.17. The minimum atomic E-state index is 0.600. The average Bonchev–Trinajstić information content (AvgIpc) is 2.61. The lowest BCUT2D eigenvalue weighted by Crippen LogP contribution is -2.16. The Labute approximate surface area is 145 Å². The third-order valence-electron chi connectivity index (χ3n) is 4.04. The van der Waals surface area contributed by atoms with Crippen molar-refractivity contribution in [1.82, 2.24) is 0 Å². The van der Waals surface area contributed by atoms with Gasteiger partial charge in [-0.3, -0.25) is 0 Å². The molecule has 0 fully saturated rings. The molecule has 120 valence electrons. The molecule has 0 aromatic heterocycles. The monoisotopic (exact) mass is 336 g/mol. The standard InChI is InChI=1S/C20H17ClN2O/c1-2-11-24-18-10-9-14(12-15(18)21)20-22-16-7-3-5-13-6-4-8-17(23-20)19(13)16/h3-10,12H,2,11H2,1H3,(H,22,23). The largest absolute Gasteiger partial charge is 0.492 e. The van der Waals surface area contributed by atoms with Gasteiger partial charge in [-0.2, -0.15) is 0 Å². The zero-order valence-electron chi connectivity index (χ0n) is 13.3. The van der Waals surface area contributed by atoms with E-state index in [0.717, 1.165) is 34.6 Å².